The summed E-state index contributed by atoms with van der Waals surface area (Å²) in [5.41, 5.74) is 9.10. The molecule has 0 amide bonds. The number of rotatable bonds is 3. The van der Waals surface area contributed by atoms with E-state index in [0.29, 0.717) is 5.69 Å². The molecule has 0 aliphatic heterocycles. The largest absolute Gasteiger partial charge is 0.399 e. The van der Waals surface area contributed by atoms with Crippen LogP contribution in [-0.4, -0.2) is 4.98 Å². The molecule has 1 heterocycles. The second-order valence-electron chi connectivity index (χ2n) is 3.94. The third-order valence-electron chi connectivity index (χ3n) is 2.58. The van der Waals surface area contributed by atoms with Crippen LogP contribution < -0.4 is 5.73 Å². The molecule has 0 fully saturated rings. The topological polar surface area (TPSA) is 62.7 Å². The second kappa shape index (κ2) is 5.56. The average Bonchev–Trinajstić information content (AvgIpc) is 2.38. The summed E-state index contributed by atoms with van der Waals surface area (Å²) in [5, 5.41) is 8.97. The van der Waals surface area contributed by atoms with E-state index in [0.717, 1.165) is 22.6 Å². The van der Waals surface area contributed by atoms with Crippen LogP contribution in [0, 0.1) is 18.3 Å². The van der Waals surface area contributed by atoms with Gasteiger partial charge in [0.15, 0.2) is 0 Å². The number of aryl methyl sites for hydroxylation is 1. The average molecular weight is 255 g/mol. The summed E-state index contributed by atoms with van der Waals surface area (Å²) in [4.78, 5) is 5.23. The maximum atomic E-state index is 8.97. The molecule has 18 heavy (non-hydrogen) atoms. The van der Waals surface area contributed by atoms with Crippen molar-refractivity contribution in [3.63, 3.8) is 0 Å². The molecule has 2 aromatic rings. The van der Waals surface area contributed by atoms with E-state index < -0.39 is 0 Å². The summed E-state index contributed by atoms with van der Waals surface area (Å²) < 4.78 is 0. The molecule has 0 saturated heterocycles. The molecule has 90 valence electrons. The maximum absolute atomic E-state index is 8.97. The van der Waals surface area contributed by atoms with Crippen molar-refractivity contribution in [2.24, 2.45) is 0 Å². The number of benzene rings is 1. The molecule has 0 atom stereocenters. The van der Waals surface area contributed by atoms with Gasteiger partial charge in [0.05, 0.1) is 0 Å². The van der Waals surface area contributed by atoms with Gasteiger partial charge in [-0.3, -0.25) is 0 Å². The van der Waals surface area contributed by atoms with Gasteiger partial charge in [-0.25, -0.2) is 4.98 Å². The zero-order chi connectivity index (χ0) is 13.0. The van der Waals surface area contributed by atoms with Crippen LogP contribution >= 0.6 is 11.8 Å². The summed E-state index contributed by atoms with van der Waals surface area (Å²) in [7, 11) is 0. The molecule has 0 aliphatic carbocycles. The first-order chi connectivity index (χ1) is 8.70. The van der Waals surface area contributed by atoms with E-state index in [2.05, 4.69) is 11.1 Å². The number of pyridine rings is 1. The van der Waals surface area contributed by atoms with Gasteiger partial charge in [0.2, 0.25) is 0 Å². The van der Waals surface area contributed by atoms with E-state index in [1.165, 1.54) is 4.90 Å². The standard InChI is InChI=1S/C14H13N3S/c1-10-7-12(16)4-5-14(10)18-9-11-3-2-6-17-13(11)8-15/h2-7H,9,16H2,1H3. The quantitative estimate of drug-likeness (QED) is 0.676. The lowest BCUT2D eigenvalue weighted by atomic mass is 10.2. The van der Waals surface area contributed by atoms with Crippen molar-refractivity contribution >= 4 is 17.4 Å². The number of anilines is 1. The van der Waals surface area contributed by atoms with Crippen LogP contribution in [0.2, 0.25) is 0 Å². The van der Waals surface area contributed by atoms with Crippen LogP contribution in [0.25, 0.3) is 0 Å². The van der Waals surface area contributed by atoms with Gasteiger partial charge in [-0.2, -0.15) is 5.26 Å². The van der Waals surface area contributed by atoms with Crippen molar-refractivity contribution < 1.29 is 0 Å². The molecular formula is C14H13N3S. The fraction of sp³-hybridized carbons (Fsp3) is 0.143. The monoisotopic (exact) mass is 255 g/mol. The number of hydrogen-bond donors (Lipinski definition) is 1. The molecule has 1 aromatic heterocycles. The van der Waals surface area contributed by atoms with Gasteiger partial charge >= 0.3 is 0 Å². The summed E-state index contributed by atoms with van der Waals surface area (Å²) in [6.07, 6.45) is 1.64. The molecule has 2 N–H and O–H groups in total. The summed E-state index contributed by atoms with van der Waals surface area (Å²) in [6, 6.07) is 11.8. The first-order valence-corrected chi connectivity index (χ1v) is 6.52. The number of nitrogens with zero attached hydrogens (tertiary/aromatic N) is 2. The number of nitrogens with two attached hydrogens (primary N) is 1. The van der Waals surface area contributed by atoms with Crippen molar-refractivity contribution in [3.05, 3.63) is 53.3 Å². The fourth-order valence-electron chi connectivity index (χ4n) is 1.65. The highest BCUT2D eigenvalue weighted by atomic mass is 32.2. The first-order valence-electron chi connectivity index (χ1n) is 5.53. The van der Waals surface area contributed by atoms with Crippen molar-refractivity contribution in [2.75, 3.05) is 5.73 Å². The Bertz CT molecular complexity index is 602. The van der Waals surface area contributed by atoms with Gasteiger partial charge in [0.25, 0.3) is 0 Å². The number of thioether (sulfide) groups is 1. The highest BCUT2D eigenvalue weighted by Crippen LogP contribution is 2.27. The van der Waals surface area contributed by atoms with Gasteiger partial charge in [-0.05, 0) is 42.3 Å². The molecule has 2 rings (SSSR count). The van der Waals surface area contributed by atoms with Crippen molar-refractivity contribution in [3.8, 4) is 6.07 Å². The second-order valence-corrected chi connectivity index (χ2v) is 4.95. The minimum atomic E-state index is 0.498. The van der Waals surface area contributed by atoms with Crippen molar-refractivity contribution in [1.29, 1.82) is 5.26 Å². The smallest absolute Gasteiger partial charge is 0.144 e. The van der Waals surface area contributed by atoms with Crippen LogP contribution in [0.15, 0.2) is 41.4 Å². The predicted molar refractivity (Wildman–Crippen MR) is 74.1 cm³/mol. The lowest BCUT2D eigenvalue weighted by Crippen LogP contribution is -1.92. The highest BCUT2D eigenvalue weighted by Gasteiger charge is 2.05. The molecule has 4 heteroatoms. The summed E-state index contributed by atoms with van der Waals surface area (Å²) in [6.45, 7) is 2.03. The predicted octanol–water partition coefficient (Wildman–Crippen LogP) is 3.14. The van der Waals surface area contributed by atoms with E-state index in [9.17, 15) is 0 Å². The SMILES string of the molecule is Cc1cc(N)ccc1SCc1cccnc1C#N. The number of hydrogen-bond acceptors (Lipinski definition) is 4. The fourth-order valence-corrected chi connectivity index (χ4v) is 2.64. The van der Waals surface area contributed by atoms with Crippen molar-refractivity contribution in [1.82, 2.24) is 4.98 Å². The number of nitriles is 1. The molecule has 0 unspecified atom stereocenters. The first kappa shape index (κ1) is 12.5. The van der Waals surface area contributed by atoms with Gasteiger partial charge in [0.1, 0.15) is 11.8 Å². The van der Waals surface area contributed by atoms with E-state index in [1.54, 1.807) is 18.0 Å². The molecule has 3 nitrogen and oxygen atoms in total. The Balaban J connectivity index is 2.14. The Morgan fingerprint density at radius 1 is 1.39 bits per heavy atom. The molecule has 0 bridgehead atoms. The summed E-state index contributed by atoms with van der Waals surface area (Å²) in [5.74, 6) is 0.738. The van der Waals surface area contributed by atoms with Crippen molar-refractivity contribution in [2.45, 2.75) is 17.6 Å². The van der Waals surface area contributed by atoms with Crippen LogP contribution in [0.1, 0.15) is 16.8 Å². The van der Waals surface area contributed by atoms with E-state index >= 15 is 0 Å². The Hall–Kier alpha value is -1.99. The Kier molecular flexibility index (Phi) is 3.85. The summed E-state index contributed by atoms with van der Waals surface area (Å²) >= 11 is 1.69. The van der Waals surface area contributed by atoms with Crippen LogP contribution in [-0.2, 0) is 5.75 Å². The Labute approximate surface area is 111 Å². The number of nitrogen functional groups attached to an aromatic ring is 1. The molecule has 0 spiro atoms. The zero-order valence-electron chi connectivity index (χ0n) is 10.1. The third-order valence-corrected chi connectivity index (χ3v) is 3.80. The number of aromatic nitrogens is 1. The minimum absolute atomic E-state index is 0.498. The van der Waals surface area contributed by atoms with E-state index in [-0.39, 0.29) is 0 Å². The molecule has 0 aliphatic rings. The molecule has 1 aromatic carbocycles. The molecular weight excluding hydrogens is 242 g/mol. The molecule has 0 radical (unpaired) electrons. The van der Waals surface area contributed by atoms with Gasteiger partial charge in [-0.15, -0.1) is 11.8 Å². The van der Waals surface area contributed by atoms with E-state index in [1.807, 2.05) is 37.3 Å². The maximum Gasteiger partial charge on any atom is 0.144 e. The Morgan fingerprint density at radius 3 is 2.94 bits per heavy atom. The Morgan fingerprint density at radius 2 is 2.22 bits per heavy atom. The lowest BCUT2D eigenvalue weighted by Gasteiger charge is -2.07. The minimum Gasteiger partial charge on any atom is -0.399 e. The van der Waals surface area contributed by atoms with Gasteiger partial charge < -0.3 is 5.73 Å². The van der Waals surface area contributed by atoms with Crippen LogP contribution in [0.3, 0.4) is 0 Å². The third kappa shape index (κ3) is 2.82. The van der Waals surface area contributed by atoms with Gasteiger partial charge in [-0.1, -0.05) is 6.07 Å². The van der Waals surface area contributed by atoms with Gasteiger partial charge in [0, 0.05) is 22.5 Å². The lowest BCUT2D eigenvalue weighted by molar-refractivity contribution is 1.19. The molecule has 0 saturated carbocycles. The highest BCUT2D eigenvalue weighted by molar-refractivity contribution is 7.98. The normalized spacial score (nSPS) is 10.0. The van der Waals surface area contributed by atoms with Crippen LogP contribution in [0.4, 0.5) is 5.69 Å². The van der Waals surface area contributed by atoms with E-state index in [4.69, 9.17) is 11.0 Å². The van der Waals surface area contributed by atoms with Crippen LogP contribution in [0.5, 0.6) is 0 Å². The zero-order valence-corrected chi connectivity index (χ0v) is 10.9.